The number of hydrogen-bond acceptors (Lipinski definition) is 3. The highest BCUT2D eigenvalue weighted by atomic mass is 15.3. The van der Waals surface area contributed by atoms with Gasteiger partial charge in [-0.25, -0.2) is 9.98 Å². The summed E-state index contributed by atoms with van der Waals surface area (Å²) in [5, 5.41) is 11.4. The minimum Gasteiger partial charge on any atom is -0.357 e. The normalized spacial score (nSPS) is 13.1. The first-order valence-electron chi connectivity index (χ1n) is 9.86. The predicted molar refractivity (Wildman–Crippen MR) is 114 cm³/mol. The zero-order valence-corrected chi connectivity index (χ0v) is 17.7. The Morgan fingerprint density at radius 1 is 1.25 bits per heavy atom. The molecule has 1 unspecified atom stereocenters. The number of pyridine rings is 1. The van der Waals surface area contributed by atoms with Crippen LogP contribution in [0.3, 0.4) is 0 Å². The fourth-order valence-electron chi connectivity index (χ4n) is 3.46. The van der Waals surface area contributed by atoms with Crippen molar-refractivity contribution in [2.45, 2.75) is 53.6 Å². The molecule has 0 amide bonds. The van der Waals surface area contributed by atoms with E-state index in [1.807, 2.05) is 23.9 Å². The number of aromatic nitrogens is 4. The second-order valence-electron chi connectivity index (χ2n) is 7.35. The lowest BCUT2D eigenvalue weighted by Gasteiger charge is -2.18. The van der Waals surface area contributed by atoms with Gasteiger partial charge in [-0.2, -0.15) is 5.10 Å². The highest BCUT2D eigenvalue weighted by Crippen LogP contribution is 2.14. The van der Waals surface area contributed by atoms with Crippen molar-refractivity contribution in [1.82, 2.24) is 29.8 Å². The van der Waals surface area contributed by atoms with Crippen LogP contribution in [-0.2, 0) is 20.0 Å². The Morgan fingerprint density at radius 3 is 2.68 bits per heavy atom. The molecule has 0 aromatic carbocycles. The zero-order chi connectivity index (χ0) is 20.3. The van der Waals surface area contributed by atoms with Crippen LogP contribution >= 0.6 is 0 Å². The lowest BCUT2D eigenvalue weighted by Crippen LogP contribution is -2.43. The van der Waals surface area contributed by atoms with E-state index >= 15 is 0 Å². The summed E-state index contributed by atoms with van der Waals surface area (Å²) in [6.07, 6.45) is 2.97. The van der Waals surface area contributed by atoms with Gasteiger partial charge in [0.05, 0.1) is 17.9 Å². The Balaban J connectivity index is 1.70. The highest BCUT2D eigenvalue weighted by molar-refractivity contribution is 5.80. The van der Waals surface area contributed by atoms with Crippen LogP contribution < -0.4 is 10.6 Å². The van der Waals surface area contributed by atoms with Crippen molar-refractivity contribution in [2.24, 2.45) is 12.0 Å². The summed E-state index contributed by atoms with van der Waals surface area (Å²) in [5.74, 6) is 0.808. The van der Waals surface area contributed by atoms with Gasteiger partial charge in [0.1, 0.15) is 5.65 Å². The number of aliphatic imine (C=N–C) groups is 1. The SMILES string of the molecule is CCNC(=NCc1cn2c(C)cccc2n1)NC(C)Cc1c(C)nn(C)c1C. The van der Waals surface area contributed by atoms with Gasteiger partial charge in [-0.15, -0.1) is 0 Å². The van der Waals surface area contributed by atoms with Crippen LogP contribution in [-0.4, -0.2) is 37.7 Å². The first-order chi connectivity index (χ1) is 13.4. The molecule has 0 aliphatic rings. The molecular weight excluding hydrogens is 350 g/mol. The maximum atomic E-state index is 4.74. The number of aryl methyl sites for hydroxylation is 3. The number of guanidine groups is 1. The standard InChI is InChI=1S/C21H31N7/c1-7-22-21(24-14(2)11-19-16(4)26-27(6)17(19)5)23-12-18-13-28-15(3)9-8-10-20(28)25-18/h8-10,13-14H,7,11-12H2,1-6H3,(H2,22,23,24). The van der Waals surface area contributed by atoms with E-state index in [1.165, 1.54) is 17.0 Å². The number of rotatable bonds is 6. The Labute approximate surface area is 166 Å². The Bertz CT molecular complexity index is 980. The molecule has 3 heterocycles. The van der Waals surface area contributed by atoms with Gasteiger partial charge in [0, 0.05) is 37.2 Å². The van der Waals surface area contributed by atoms with E-state index < -0.39 is 0 Å². The second kappa shape index (κ2) is 8.46. The molecule has 28 heavy (non-hydrogen) atoms. The molecule has 0 fully saturated rings. The monoisotopic (exact) mass is 381 g/mol. The Kier molecular flexibility index (Phi) is 6.02. The average molecular weight is 382 g/mol. The van der Waals surface area contributed by atoms with Gasteiger partial charge >= 0.3 is 0 Å². The van der Waals surface area contributed by atoms with Crippen LogP contribution in [0.25, 0.3) is 5.65 Å². The molecule has 0 saturated carbocycles. The smallest absolute Gasteiger partial charge is 0.191 e. The minimum absolute atomic E-state index is 0.239. The molecule has 1 atom stereocenters. The molecule has 2 N–H and O–H groups in total. The summed E-state index contributed by atoms with van der Waals surface area (Å²) in [7, 11) is 1.99. The molecule has 7 heteroatoms. The lowest BCUT2D eigenvalue weighted by atomic mass is 10.1. The van der Waals surface area contributed by atoms with E-state index in [-0.39, 0.29) is 6.04 Å². The van der Waals surface area contributed by atoms with Crippen LogP contribution in [0.2, 0.25) is 0 Å². The summed E-state index contributed by atoms with van der Waals surface area (Å²) < 4.78 is 4.05. The minimum atomic E-state index is 0.239. The van der Waals surface area contributed by atoms with Crippen molar-refractivity contribution < 1.29 is 0 Å². The second-order valence-corrected chi connectivity index (χ2v) is 7.35. The van der Waals surface area contributed by atoms with Gasteiger partial charge in [0.25, 0.3) is 0 Å². The fraction of sp³-hybridized carbons (Fsp3) is 0.476. The van der Waals surface area contributed by atoms with Crippen LogP contribution in [0.15, 0.2) is 29.4 Å². The predicted octanol–water partition coefficient (Wildman–Crippen LogP) is 2.68. The van der Waals surface area contributed by atoms with Crippen LogP contribution in [0, 0.1) is 20.8 Å². The summed E-state index contributed by atoms with van der Waals surface area (Å²) in [6.45, 7) is 11.9. The Morgan fingerprint density at radius 2 is 2.04 bits per heavy atom. The van der Waals surface area contributed by atoms with Crippen LogP contribution in [0.4, 0.5) is 0 Å². The van der Waals surface area contributed by atoms with E-state index in [9.17, 15) is 0 Å². The molecular formula is C21H31N7. The van der Waals surface area contributed by atoms with Crippen molar-refractivity contribution in [2.75, 3.05) is 6.54 Å². The van der Waals surface area contributed by atoms with Gasteiger partial charge < -0.3 is 15.0 Å². The quantitative estimate of drug-likeness (QED) is 0.509. The maximum Gasteiger partial charge on any atom is 0.191 e. The van der Waals surface area contributed by atoms with Crippen LogP contribution in [0.1, 0.15) is 42.2 Å². The van der Waals surface area contributed by atoms with E-state index in [1.54, 1.807) is 0 Å². The van der Waals surface area contributed by atoms with Gasteiger partial charge in [-0.05, 0) is 58.7 Å². The van der Waals surface area contributed by atoms with Crippen molar-refractivity contribution in [3.8, 4) is 0 Å². The van der Waals surface area contributed by atoms with Crippen molar-refractivity contribution in [1.29, 1.82) is 0 Å². The van der Waals surface area contributed by atoms with Crippen molar-refractivity contribution in [3.63, 3.8) is 0 Å². The van der Waals surface area contributed by atoms with E-state index in [0.29, 0.717) is 6.54 Å². The average Bonchev–Trinajstić information content (AvgIpc) is 3.17. The van der Waals surface area contributed by atoms with Gasteiger partial charge in [-0.3, -0.25) is 4.68 Å². The first-order valence-corrected chi connectivity index (χ1v) is 9.86. The topological polar surface area (TPSA) is 71.5 Å². The molecule has 0 saturated heterocycles. The maximum absolute atomic E-state index is 4.74. The van der Waals surface area contributed by atoms with Crippen LogP contribution in [0.5, 0.6) is 0 Å². The number of nitrogens with one attached hydrogen (secondary N) is 2. The molecule has 7 nitrogen and oxygen atoms in total. The number of nitrogens with zero attached hydrogens (tertiary/aromatic N) is 5. The number of imidazole rings is 1. The van der Waals surface area contributed by atoms with Crippen molar-refractivity contribution >= 4 is 11.6 Å². The Hall–Kier alpha value is -2.83. The van der Waals surface area contributed by atoms with Gasteiger partial charge in [0.2, 0.25) is 0 Å². The summed E-state index contributed by atoms with van der Waals surface area (Å²) in [5.41, 5.74) is 6.69. The van der Waals surface area contributed by atoms with Gasteiger partial charge in [-0.1, -0.05) is 6.07 Å². The molecule has 0 aliphatic heterocycles. The fourth-order valence-corrected chi connectivity index (χ4v) is 3.46. The van der Waals surface area contributed by atoms with E-state index in [4.69, 9.17) is 4.99 Å². The zero-order valence-electron chi connectivity index (χ0n) is 17.7. The third-order valence-corrected chi connectivity index (χ3v) is 5.04. The summed E-state index contributed by atoms with van der Waals surface area (Å²) in [6, 6.07) is 6.37. The molecule has 0 radical (unpaired) electrons. The van der Waals surface area contributed by atoms with E-state index in [0.717, 1.165) is 36.0 Å². The summed E-state index contributed by atoms with van der Waals surface area (Å²) >= 11 is 0. The van der Waals surface area contributed by atoms with Crippen molar-refractivity contribution in [3.05, 3.63) is 52.7 Å². The third kappa shape index (κ3) is 4.35. The molecule has 150 valence electrons. The van der Waals surface area contributed by atoms with E-state index in [2.05, 4.69) is 72.0 Å². The molecule has 0 spiro atoms. The number of hydrogen-bond donors (Lipinski definition) is 2. The first kappa shape index (κ1) is 19.9. The molecule has 0 bridgehead atoms. The van der Waals surface area contributed by atoms with Gasteiger partial charge in [0.15, 0.2) is 5.96 Å². The summed E-state index contributed by atoms with van der Waals surface area (Å²) in [4.78, 5) is 9.41. The molecule has 3 rings (SSSR count). The largest absolute Gasteiger partial charge is 0.357 e. The third-order valence-electron chi connectivity index (χ3n) is 5.04. The molecule has 3 aromatic heterocycles. The molecule has 0 aliphatic carbocycles. The number of fused-ring (bicyclic) bond motifs is 1. The highest BCUT2D eigenvalue weighted by Gasteiger charge is 2.14. The molecule has 3 aromatic rings. The lowest BCUT2D eigenvalue weighted by molar-refractivity contribution is 0.635.